The van der Waals surface area contributed by atoms with E-state index in [1.165, 1.54) is 16.8 Å². The Morgan fingerprint density at radius 2 is 2.00 bits per heavy atom. The quantitative estimate of drug-likeness (QED) is 0.723. The Bertz CT molecular complexity index is 641. The highest BCUT2D eigenvalue weighted by Crippen LogP contribution is 2.11. The minimum Gasteiger partial charge on any atom is -0.351 e. The second-order valence-corrected chi connectivity index (χ2v) is 6.43. The lowest BCUT2D eigenvalue weighted by atomic mass is 10.2. The second-order valence-electron chi connectivity index (χ2n) is 6.43. The zero-order valence-electron chi connectivity index (χ0n) is 15.0. The largest absolute Gasteiger partial charge is 0.351 e. The maximum absolute atomic E-state index is 12.2. The third kappa shape index (κ3) is 5.99. The number of nitrogens with one attached hydrogen (secondary N) is 1. The van der Waals surface area contributed by atoms with Gasteiger partial charge in [0, 0.05) is 38.7 Å². The van der Waals surface area contributed by atoms with Gasteiger partial charge in [0.15, 0.2) is 0 Å². The van der Waals surface area contributed by atoms with Gasteiger partial charge in [0.1, 0.15) is 5.69 Å². The molecule has 0 bridgehead atoms. The number of hydrogen-bond acceptors (Lipinski definition) is 4. The van der Waals surface area contributed by atoms with Gasteiger partial charge in [-0.05, 0) is 31.7 Å². The third-order valence-corrected chi connectivity index (χ3v) is 4.38. The zero-order valence-corrected chi connectivity index (χ0v) is 15.0. The van der Waals surface area contributed by atoms with Crippen LogP contribution in [-0.2, 0) is 11.3 Å². The lowest BCUT2D eigenvalue weighted by Crippen LogP contribution is -2.34. The van der Waals surface area contributed by atoms with E-state index in [1.54, 1.807) is 0 Å². The molecular formula is C18H28N4O3. The van der Waals surface area contributed by atoms with Gasteiger partial charge in [-0.3, -0.25) is 14.4 Å². The minimum absolute atomic E-state index is 0.190. The number of aryl methyl sites for hydroxylation is 1. The monoisotopic (exact) mass is 348 g/mol. The second kappa shape index (κ2) is 9.96. The van der Waals surface area contributed by atoms with Crippen LogP contribution in [0.4, 0.5) is 0 Å². The standard InChI is InChI=1S/C18H28N4O3/c1-2-3-14-22-17(24)10-9-15(20-22)18(25)19-11-7-13-21-12-6-4-5-8-16(21)23/h9-10H,2-8,11-14H2,1H3,(H,19,25). The highest BCUT2D eigenvalue weighted by Gasteiger charge is 2.16. The number of aromatic nitrogens is 2. The van der Waals surface area contributed by atoms with Crippen molar-refractivity contribution >= 4 is 11.8 Å². The van der Waals surface area contributed by atoms with Crippen LogP contribution >= 0.6 is 0 Å². The lowest BCUT2D eigenvalue weighted by Gasteiger charge is -2.20. The van der Waals surface area contributed by atoms with E-state index in [1.807, 2.05) is 11.8 Å². The molecule has 0 unspecified atom stereocenters. The van der Waals surface area contributed by atoms with Crippen LogP contribution in [-0.4, -0.2) is 46.1 Å². The molecule has 1 aromatic rings. The van der Waals surface area contributed by atoms with Crippen LogP contribution < -0.4 is 10.9 Å². The van der Waals surface area contributed by atoms with E-state index in [0.717, 1.165) is 38.6 Å². The molecule has 0 radical (unpaired) electrons. The average Bonchev–Trinajstić information content (AvgIpc) is 2.82. The number of carbonyl (C=O) groups is 2. The lowest BCUT2D eigenvalue weighted by molar-refractivity contribution is -0.130. The van der Waals surface area contributed by atoms with Crippen molar-refractivity contribution < 1.29 is 9.59 Å². The van der Waals surface area contributed by atoms with Crippen molar-refractivity contribution in [1.82, 2.24) is 20.0 Å². The molecule has 2 amide bonds. The van der Waals surface area contributed by atoms with E-state index >= 15 is 0 Å². The van der Waals surface area contributed by atoms with Gasteiger partial charge in [0.2, 0.25) is 5.91 Å². The van der Waals surface area contributed by atoms with Crippen molar-refractivity contribution in [2.24, 2.45) is 0 Å². The van der Waals surface area contributed by atoms with Crippen molar-refractivity contribution in [3.05, 3.63) is 28.2 Å². The van der Waals surface area contributed by atoms with Gasteiger partial charge in [-0.1, -0.05) is 19.8 Å². The van der Waals surface area contributed by atoms with E-state index in [0.29, 0.717) is 32.5 Å². The molecule has 0 atom stereocenters. The van der Waals surface area contributed by atoms with Crippen LogP contribution in [0.3, 0.4) is 0 Å². The average molecular weight is 348 g/mol. The van der Waals surface area contributed by atoms with Crippen molar-refractivity contribution in [3.63, 3.8) is 0 Å². The van der Waals surface area contributed by atoms with Crippen LogP contribution in [0.15, 0.2) is 16.9 Å². The van der Waals surface area contributed by atoms with Gasteiger partial charge < -0.3 is 10.2 Å². The Kier molecular flexibility index (Phi) is 7.63. The highest BCUT2D eigenvalue weighted by molar-refractivity contribution is 5.91. The first-order chi connectivity index (χ1) is 12.1. The molecule has 7 heteroatoms. The summed E-state index contributed by atoms with van der Waals surface area (Å²) in [6, 6.07) is 2.84. The predicted octanol–water partition coefficient (Wildman–Crippen LogP) is 1.57. The van der Waals surface area contributed by atoms with Gasteiger partial charge in [0.25, 0.3) is 11.5 Å². The normalized spacial score (nSPS) is 15.1. The smallest absolute Gasteiger partial charge is 0.271 e. The molecular weight excluding hydrogens is 320 g/mol. The van der Waals surface area contributed by atoms with E-state index in [2.05, 4.69) is 10.4 Å². The number of amides is 2. The SMILES string of the molecule is CCCCn1nc(C(=O)NCCCN2CCCCCC2=O)ccc1=O. The Morgan fingerprint density at radius 3 is 2.80 bits per heavy atom. The summed E-state index contributed by atoms with van der Waals surface area (Å²) in [6.45, 7) is 4.53. The molecule has 1 N–H and O–H groups in total. The van der Waals surface area contributed by atoms with Crippen molar-refractivity contribution in [3.8, 4) is 0 Å². The number of carbonyl (C=O) groups excluding carboxylic acids is 2. The Hall–Kier alpha value is -2.18. The van der Waals surface area contributed by atoms with E-state index in [-0.39, 0.29) is 23.1 Å². The summed E-state index contributed by atoms with van der Waals surface area (Å²) in [6.07, 6.45) is 6.30. The molecule has 1 aliphatic heterocycles. The third-order valence-electron chi connectivity index (χ3n) is 4.38. The molecule has 2 heterocycles. The summed E-state index contributed by atoms with van der Waals surface area (Å²) < 4.78 is 1.34. The van der Waals surface area contributed by atoms with Gasteiger partial charge in [-0.2, -0.15) is 5.10 Å². The number of unbranched alkanes of at least 4 members (excludes halogenated alkanes) is 1. The first kappa shape index (κ1) is 19.1. The fourth-order valence-electron chi connectivity index (χ4n) is 2.88. The first-order valence-electron chi connectivity index (χ1n) is 9.26. The number of hydrogen-bond donors (Lipinski definition) is 1. The molecule has 2 rings (SSSR count). The summed E-state index contributed by atoms with van der Waals surface area (Å²) in [5.41, 5.74) is 0.0613. The van der Waals surface area contributed by atoms with Gasteiger partial charge >= 0.3 is 0 Å². The Balaban J connectivity index is 1.80. The van der Waals surface area contributed by atoms with E-state index < -0.39 is 0 Å². The molecule has 7 nitrogen and oxygen atoms in total. The van der Waals surface area contributed by atoms with Gasteiger partial charge in [0.05, 0.1) is 0 Å². The summed E-state index contributed by atoms with van der Waals surface area (Å²) in [7, 11) is 0. The van der Waals surface area contributed by atoms with Crippen LogP contribution in [0.1, 0.15) is 62.4 Å². The number of nitrogens with zero attached hydrogens (tertiary/aromatic N) is 3. The van der Waals surface area contributed by atoms with Gasteiger partial charge in [-0.15, -0.1) is 0 Å². The topological polar surface area (TPSA) is 84.3 Å². The van der Waals surface area contributed by atoms with Crippen molar-refractivity contribution in [2.75, 3.05) is 19.6 Å². The maximum Gasteiger partial charge on any atom is 0.271 e. The maximum atomic E-state index is 12.2. The number of rotatable bonds is 8. The van der Waals surface area contributed by atoms with Crippen LogP contribution in [0.2, 0.25) is 0 Å². The summed E-state index contributed by atoms with van der Waals surface area (Å²) in [5, 5.41) is 6.95. The minimum atomic E-state index is -0.285. The van der Waals surface area contributed by atoms with E-state index in [9.17, 15) is 14.4 Å². The summed E-state index contributed by atoms with van der Waals surface area (Å²) >= 11 is 0. The molecule has 0 aromatic carbocycles. The molecule has 1 saturated heterocycles. The Morgan fingerprint density at radius 1 is 1.16 bits per heavy atom. The van der Waals surface area contributed by atoms with E-state index in [4.69, 9.17) is 0 Å². The van der Waals surface area contributed by atoms with Gasteiger partial charge in [-0.25, -0.2) is 4.68 Å². The fraction of sp³-hybridized carbons (Fsp3) is 0.667. The predicted molar refractivity (Wildman–Crippen MR) is 95.4 cm³/mol. The summed E-state index contributed by atoms with van der Waals surface area (Å²) in [5.74, 6) is -0.0686. The Labute approximate surface area is 148 Å². The molecule has 138 valence electrons. The fourth-order valence-corrected chi connectivity index (χ4v) is 2.88. The zero-order chi connectivity index (χ0) is 18.1. The first-order valence-corrected chi connectivity index (χ1v) is 9.26. The molecule has 1 aromatic heterocycles. The highest BCUT2D eigenvalue weighted by atomic mass is 16.2. The van der Waals surface area contributed by atoms with Crippen LogP contribution in [0.25, 0.3) is 0 Å². The molecule has 1 fully saturated rings. The number of likely N-dealkylation sites (tertiary alicyclic amines) is 1. The molecule has 0 aliphatic carbocycles. The molecule has 0 spiro atoms. The van der Waals surface area contributed by atoms with Crippen molar-refractivity contribution in [1.29, 1.82) is 0 Å². The van der Waals surface area contributed by atoms with Crippen molar-refractivity contribution in [2.45, 2.75) is 58.4 Å². The van der Waals surface area contributed by atoms with Crippen LogP contribution in [0.5, 0.6) is 0 Å². The summed E-state index contributed by atoms with van der Waals surface area (Å²) in [4.78, 5) is 37.7. The molecule has 0 saturated carbocycles. The molecule has 25 heavy (non-hydrogen) atoms. The molecule has 1 aliphatic rings. The van der Waals surface area contributed by atoms with Crippen LogP contribution in [0, 0.1) is 0 Å².